The van der Waals surface area contributed by atoms with Gasteiger partial charge in [0.1, 0.15) is 0 Å². The second-order valence-electron chi connectivity index (χ2n) is 7.42. The molecule has 0 aromatic carbocycles. The summed E-state index contributed by atoms with van der Waals surface area (Å²) >= 11 is 0. The van der Waals surface area contributed by atoms with Crippen molar-refractivity contribution in [2.75, 3.05) is 13.2 Å². The maximum atomic E-state index is 6.20. The van der Waals surface area contributed by atoms with Crippen LogP contribution >= 0.6 is 0 Å². The van der Waals surface area contributed by atoms with Gasteiger partial charge >= 0.3 is 0 Å². The SMILES string of the molecule is CCNC1CCOC2(CCC(C(C)(C)C)CC2)C1. The molecule has 1 unspecified atom stereocenters. The van der Waals surface area contributed by atoms with E-state index in [2.05, 4.69) is 33.0 Å². The summed E-state index contributed by atoms with van der Waals surface area (Å²) in [6.07, 6.45) is 7.67. The molecule has 0 amide bonds. The van der Waals surface area contributed by atoms with Gasteiger partial charge in [-0.25, -0.2) is 0 Å². The van der Waals surface area contributed by atoms with Gasteiger partial charge in [-0.05, 0) is 56.4 Å². The summed E-state index contributed by atoms with van der Waals surface area (Å²) in [7, 11) is 0. The van der Waals surface area contributed by atoms with Crippen molar-refractivity contribution in [1.29, 1.82) is 0 Å². The topological polar surface area (TPSA) is 21.3 Å². The number of nitrogens with one attached hydrogen (secondary N) is 1. The maximum absolute atomic E-state index is 6.20. The zero-order chi connectivity index (χ0) is 13.2. The normalized spacial score (nSPS) is 38.0. The van der Waals surface area contributed by atoms with Crippen LogP contribution in [0, 0.1) is 11.3 Å². The van der Waals surface area contributed by atoms with E-state index in [0.717, 1.165) is 19.1 Å². The van der Waals surface area contributed by atoms with E-state index in [1.165, 1.54) is 38.5 Å². The maximum Gasteiger partial charge on any atom is 0.0697 e. The van der Waals surface area contributed by atoms with Gasteiger partial charge in [0.25, 0.3) is 0 Å². The molecule has 1 saturated carbocycles. The van der Waals surface area contributed by atoms with E-state index in [0.29, 0.717) is 11.5 Å². The fourth-order valence-corrected chi connectivity index (χ4v) is 3.85. The van der Waals surface area contributed by atoms with Gasteiger partial charge in [-0.3, -0.25) is 0 Å². The molecule has 0 aromatic rings. The predicted molar refractivity (Wildman–Crippen MR) is 76.8 cm³/mol. The Hall–Kier alpha value is -0.0800. The minimum absolute atomic E-state index is 0.215. The van der Waals surface area contributed by atoms with Crippen molar-refractivity contribution >= 4 is 0 Å². The molecule has 2 rings (SSSR count). The molecule has 1 N–H and O–H groups in total. The molecule has 1 aliphatic heterocycles. The molecular formula is C16H31NO. The molecule has 1 spiro atoms. The minimum Gasteiger partial charge on any atom is -0.375 e. The van der Waals surface area contributed by atoms with Crippen molar-refractivity contribution in [3.05, 3.63) is 0 Å². The quantitative estimate of drug-likeness (QED) is 0.809. The lowest BCUT2D eigenvalue weighted by Gasteiger charge is -2.47. The van der Waals surface area contributed by atoms with E-state index < -0.39 is 0 Å². The Kier molecular flexibility index (Phi) is 4.38. The summed E-state index contributed by atoms with van der Waals surface area (Å²) < 4.78 is 6.20. The third-order valence-corrected chi connectivity index (χ3v) is 5.11. The van der Waals surface area contributed by atoms with Crippen molar-refractivity contribution in [2.45, 2.75) is 77.9 Å². The molecule has 2 fully saturated rings. The summed E-state index contributed by atoms with van der Waals surface area (Å²) in [5, 5.41) is 3.62. The summed E-state index contributed by atoms with van der Waals surface area (Å²) in [5.74, 6) is 0.881. The molecule has 0 radical (unpaired) electrons. The first kappa shape index (κ1) is 14.3. The van der Waals surface area contributed by atoms with E-state index in [1.807, 2.05) is 0 Å². The van der Waals surface area contributed by atoms with E-state index in [9.17, 15) is 0 Å². The predicted octanol–water partition coefficient (Wildman–Crippen LogP) is 3.75. The van der Waals surface area contributed by atoms with Gasteiger partial charge < -0.3 is 10.1 Å². The largest absolute Gasteiger partial charge is 0.375 e. The van der Waals surface area contributed by atoms with E-state index >= 15 is 0 Å². The second-order valence-corrected chi connectivity index (χ2v) is 7.42. The van der Waals surface area contributed by atoms with E-state index in [4.69, 9.17) is 4.74 Å². The lowest BCUT2D eigenvalue weighted by atomic mass is 9.66. The van der Waals surface area contributed by atoms with Crippen LogP contribution in [0.15, 0.2) is 0 Å². The highest BCUT2D eigenvalue weighted by Gasteiger charge is 2.42. The summed E-state index contributed by atoms with van der Waals surface area (Å²) in [5.41, 5.74) is 0.685. The molecular weight excluding hydrogens is 222 g/mol. The zero-order valence-electron chi connectivity index (χ0n) is 12.7. The van der Waals surface area contributed by atoms with Crippen LogP contribution in [-0.2, 0) is 4.74 Å². The average molecular weight is 253 g/mol. The van der Waals surface area contributed by atoms with Crippen LogP contribution in [0.25, 0.3) is 0 Å². The van der Waals surface area contributed by atoms with Crippen LogP contribution in [0.2, 0.25) is 0 Å². The van der Waals surface area contributed by atoms with Gasteiger partial charge in [-0.15, -0.1) is 0 Å². The zero-order valence-corrected chi connectivity index (χ0v) is 12.7. The Morgan fingerprint density at radius 1 is 1.17 bits per heavy atom. The van der Waals surface area contributed by atoms with Crippen molar-refractivity contribution < 1.29 is 4.74 Å². The lowest BCUT2D eigenvalue weighted by molar-refractivity contribution is -0.121. The van der Waals surface area contributed by atoms with Gasteiger partial charge in [0, 0.05) is 12.6 Å². The molecule has 2 heteroatoms. The highest BCUT2D eigenvalue weighted by atomic mass is 16.5. The monoisotopic (exact) mass is 253 g/mol. The molecule has 1 heterocycles. The Morgan fingerprint density at radius 3 is 2.39 bits per heavy atom. The number of rotatable bonds is 2. The molecule has 1 saturated heterocycles. The molecule has 1 atom stereocenters. The Bertz CT molecular complexity index is 259. The van der Waals surface area contributed by atoms with Crippen LogP contribution in [-0.4, -0.2) is 24.8 Å². The van der Waals surface area contributed by atoms with Gasteiger partial charge in [-0.1, -0.05) is 27.7 Å². The third kappa shape index (κ3) is 3.27. The lowest BCUT2D eigenvalue weighted by Crippen LogP contribution is -2.49. The van der Waals surface area contributed by atoms with Crippen LogP contribution in [0.1, 0.15) is 66.2 Å². The third-order valence-electron chi connectivity index (χ3n) is 5.11. The number of hydrogen-bond acceptors (Lipinski definition) is 2. The summed E-state index contributed by atoms with van der Waals surface area (Å²) in [6, 6.07) is 0.690. The molecule has 2 nitrogen and oxygen atoms in total. The first-order valence-corrected chi connectivity index (χ1v) is 7.82. The van der Waals surface area contributed by atoms with E-state index in [-0.39, 0.29) is 5.60 Å². The smallest absolute Gasteiger partial charge is 0.0697 e. The minimum atomic E-state index is 0.215. The van der Waals surface area contributed by atoms with Gasteiger partial charge in [-0.2, -0.15) is 0 Å². The van der Waals surface area contributed by atoms with Gasteiger partial charge in [0.2, 0.25) is 0 Å². The average Bonchev–Trinajstić information content (AvgIpc) is 2.29. The second kappa shape index (κ2) is 5.50. The van der Waals surface area contributed by atoms with Crippen LogP contribution in [0.5, 0.6) is 0 Å². The molecule has 0 bridgehead atoms. The molecule has 2 aliphatic rings. The van der Waals surface area contributed by atoms with Crippen LogP contribution in [0.3, 0.4) is 0 Å². The van der Waals surface area contributed by atoms with Crippen molar-refractivity contribution in [1.82, 2.24) is 5.32 Å². The van der Waals surface area contributed by atoms with Crippen LogP contribution in [0.4, 0.5) is 0 Å². The Morgan fingerprint density at radius 2 is 1.83 bits per heavy atom. The number of hydrogen-bond donors (Lipinski definition) is 1. The van der Waals surface area contributed by atoms with Crippen molar-refractivity contribution in [2.24, 2.45) is 11.3 Å². The van der Waals surface area contributed by atoms with E-state index in [1.54, 1.807) is 0 Å². The highest BCUT2D eigenvalue weighted by Crippen LogP contribution is 2.45. The Balaban J connectivity index is 1.90. The fraction of sp³-hybridized carbons (Fsp3) is 1.00. The standard InChI is InChI=1S/C16H31NO/c1-5-17-14-8-11-18-16(12-14)9-6-13(7-10-16)15(2,3)4/h13-14,17H,5-12H2,1-4H3. The van der Waals surface area contributed by atoms with Crippen LogP contribution < -0.4 is 5.32 Å². The fourth-order valence-electron chi connectivity index (χ4n) is 3.85. The summed E-state index contributed by atoms with van der Waals surface area (Å²) in [6.45, 7) is 11.4. The number of ether oxygens (including phenoxy) is 1. The summed E-state index contributed by atoms with van der Waals surface area (Å²) in [4.78, 5) is 0. The van der Waals surface area contributed by atoms with Crippen molar-refractivity contribution in [3.8, 4) is 0 Å². The molecule has 18 heavy (non-hydrogen) atoms. The van der Waals surface area contributed by atoms with Crippen molar-refractivity contribution in [3.63, 3.8) is 0 Å². The van der Waals surface area contributed by atoms with Gasteiger partial charge in [0.15, 0.2) is 0 Å². The highest BCUT2D eigenvalue weighted by molar-refractivity contribution is 4.95. The van der Waals surface area contributed by atoms with Gasteiger partial charge in [0.05, 0.1) is 5.60 Å². The first-order chi connectivity index (χ1) is 8.45. The molecule has 1 aliphatic carbocycles. The molecule has 0 aromatic heterocycles. The Labute approximate surface area is 113 Å². The molecule has 106 valence electrons. The first-order valence-electron chi connectivity index (χ1n) is 7.82.